The zero-order valence-corrected chi connectivity index (χ0v) is 9.77. The highest BCUT2D eigenvalue weighted by atomic mass is 15.6. The third-order valence-corrected chi connectivity index (χ3v) is 3.29. The summed E-state index contributed by atoms with van der Waals surface area (Å²) in [5, 5.41) is 11.9. The van der Waals surface area contributed by atoms with E-state index in [0.29, 0.717) is 12.6 Å². The van der Waals surface area contributed by atoms with Crippen molar-refractivity contribution in [2.45, 2.75) is 25.4 Å². The van der Waals surface area contributed by atoms with Gasteiger partial charge < -0.3 is 4.57 Å². The van der Waals surface area contributed by atoms with E-state index < -0.39 is 0 Å². The van der Waals surface area contributed by atoms with Crippen LogP contribution in [0.1, 0.15) is 24.7 Å². The minimum atomic E-state index is 0.504. The lowest BCUT2D eigenvalue weighted by atomic mass is 10.3. The molecule has 6 heteroatoms. The van der Waals surface area contributed by atoms with Crippen LogP contribution >= 0.6 is 0 Å². The van der Waals surface area contributed by atoms with E-state index in [0.717, 1.165) is 16.9 Å². The molecular weight excluding hydrogens is 228 g/mol. The fraction of sp³-hybridized carbons (Fsp3) is 0.333. The van der Waals surface area contributed by atoms with E-state index in [1.54, 1.807) is 0 Å². The quantitative estimate of drug-likeness (QED) is 0.694. The lowest BCUT2D eigenvalue weighted by Gasteiger charge is -2.04. The summed E-state index contributed by atoms with van der Waals surface area (Å²) < 4.78 is 4.02. The molecule has 18 heavy (non-hydrogen) atoms. The summed E-state index contributed by atoms with van der Waals surface area (Å²) in [4.78, 5) is 4.37. The van der Waals surface area contributed by atoms with Crippen molar-refractivity contribution in [1.29, 1.82) is 0 Å². The zero-order chi connectivity index (χ0) is 11.9. The molecule has 1 saturated carbocycles. The third-order valence-electron chi connectivity index (χ3n) is 3.29. The fourth-order valence-electron chi connectivity index (χ4n) is 2.21. The number of rotatable bonds is 3. The summed E-state index contributed by atoms with van der Waals surface area (Å²) in [6.45, 7) is 0.671. The van der Waals surface area contributed by atoms with Gasteiger partial charge in [-0.2, -0.15) is 0 Å². The summed E-state index contributed by atoms with van der Waals surface area (Å²) in [5.41, 5.74) is 2.12. The van der Waals surface area contributed by atoms with E-state index in [1.165, 1.54) is 12.8 Å². The average molecular weight is 240 g/mol. The Bertz CT molecular complexity index is 693. The molecule has 3 aromatic rings. The third kappa shape index (κ3) is 1.49. The first kappa shape index (κ1) is 9.76. The van der Waals surface area contributed by atoms with Crippen LogP contribution in [0.4, 0.5) is 0 Å². The van der Waals surface area contributed by atoms with Crippen LogP contribution in [0.5, 0.6) is 0 Å². The molecule has 2 aromatic heterocycles. The Morgan fingerprint density at radius 2 is 2.11 bits per heavy atom. The van der Waals surface area contributed by atoms with Gasteiger partial charge in [0.2, 0.25) is 0 Å². The highest BCUT2D eigenvalue weighted by Gasteiger charge is 2.27. The summed E-state index contributed by atoms with van der Waals surface area (Å²) in [5.74, 6) is 0.903. The molecule has 0 unspecified atom stereocenters. The molecule has 0 atom stereocenters. The molecule has 1 aromatic carbocycles. The lowest BCUT2D eigenvalue weighted by Crippen LogP contribution is -2.08. The van der Waals surface area contributed by atoms with Crippen molar-refractivity contribution in [2.75, 3.05) is 0 Å². The number of nitrogens with zero attached hydrogens (tertiary/aromatic N) is 6. The molecule has 0 N–H and O–H groups in total. The Morgan fingerprint density at radius 1 is 1.22 bits per heavy atom. The largest absolute Gasteiger partial charge is 0.323 e. The molecule has 0 spiro atoms. The second-order valence-electron chi connectivity index (χ2n) is 4.63. The van der Waals surface area contributed by atoms with Crippen LogP contribution in [-0.4, -0.2) is 29.8 Å². The number of aromatic nitrogens is 6. The Morgan fingerprint density at radius 3 is 3.00 bits per heavy atom. The number of imidazole rings is 1. The van der Waals surface area contributed by atoms with E-state index in [9.17, 15) is 0 Å². The number of para-hydroxylation sites is 2. The molecule has 1 aliphatic rings. The molecule has 1 fully saturated rings. The van der Waals surface area contributed by atoms with Gasteiger partial charge >= 0.3 is 0 Å². The van der Waals surface area contributed by atoms with E-state index in [4.69, 9.17) is 0 Å². The fourth-order valence-corrected chi connectivity index (χ4v) is 2.21. The standard InChI is InChI=1S/C12H12N6/c1-2-4-11-10(3-1)13-8-17(11)7-12-14-15-16-18(12)9-5-6-9/h1-4,8-9H,5-7H2. The first-order chi connectivity index (χ1) is 8.92. The maximum atomic E-state index is 4.37. The average Bonchev–Trinajstić information content (AvgIpc) is 3.01. The topological polar surface area (TPSA) is 61.4 Å². The maximum absolute atomic E-state index is 4.37. The summed E-state index contributed by atoms with van der Waals surface area (Å²) in [6, 6.07) is 8.59. The molecule has 0 radical (unpaired) electrons. The van der Waals surface area contributed by atoms with Crippen LogP contribution < -0.4 is 0 Å². The molecule has 0 aliphatic heterocycles. The van der Waals surface area contributed by atoms with Crippen LogP contribution in [0, 0.1) is 0 Å². The minimum Gasteiger partial charge on any atom is -0.323 e. The number of benzene rings is 1. The molecule has 6 nitrogen and oxygen atoms in total. The van der Waals surface area contributed by atoms with Gasteiger partial charge in [0.25, 0.3) is 0 Å². The number of hydrogen-bond donors (Lipinski definition) is 0. The zero-order valence-electron chi connectivity index (χ0n) is 9.77. The van der Waals surface area contributed by atoms with Crippen LogP contribution in [0.25, 0.3) is 11.0 Å². The molecule has 1 aliphatic carbocycles. The Hall–Kier alpha value is -2.24. The van der Waals surface area contributed by atoms with Gasteiger partial charge in [0.1, 0.15) is 0 Å². The highest BCUT2D eigenvalue weighted by Crippen LogP contribution is 2.34. The van der Waals surface area contributed by atoms with E-state index in [-0.39, 0.29) is 0 Å². The minimum absolute atomic E-state index is 0.504. The molecule has 90 valence electrons. The van der Waals surface area contributed by atoms with Crippen molar-refractivity contribution in [3.8, 4) is 0 Å². The molecule has 0 bridgehead atoms. The molecule has 2 heterocycles. The normalized spacial score (nSPS) is 15.3. The van der Waals surface area contributed by atoms with Gasteiger partial charge in [-0.1, -0.05) is 12.1 Å². The number of tetrazole rings is 1. The van der Waals surface area contributed by atoms with Crippen molar-refractivity contribution in [3.05, 3.63) is 36.4 Å². The van der Waals surface area contributed by atoms with Crippen LogP contribution in [0.3, 0.4) is 0 Å². The van der Waals surface area contributed by atoms with Crippen molar-refractivity contribution in [1.82, 2.24) is 29.8 Å². The highest BCUT2D eigenvalue weighted by molar-refractivity contribution is 5.74. The summed E-state index contributed by atoms with van der Waals surface area (Å²) in [7, 11) is 0. The van der Waals surface area contributed by atoms with Crippen molar-refractivity contribution in [3.63, 3.8) is 0 Å². The van der Waals surface area contributed by atoms with Crippen molar-refractivity contribution in [2.24, 2.45) is 0 Å². The van der Waals surface area contributed by atoms with Gasteiger partial charge in [0.05, 0.1) is 29.9 Å². The number of fused-ring (bicyclic) bond motifs is 1. The van der Waals surface area contributed by atoms with Gasteiger partial charge in [-0.15, -0.1) is 5.10 Å². The monoisotopic (exact) mass is 240 g/mol. The Kier molecular flexibility index (Phi) is 1.97. The van der Waals surface area contributed by atoms with Crippen molar-refractivity contribution < 1.29 is 0 Å². The summed E-state index contributed by atoms with van der Waals surface area (Å²) >= 11 is 0. The summed E-state index contributed by atoms with van der Waals surface area (Å²) in [6.07, 6.45) is 4.21. The second-order valence-corrected chi connectivity index (χ2v) is 4.63. The predicted molar refractivity (Wildman–Crippen MR) is 64.9 cm³/mol. The molecular formula is C12H12N6. The SMILES string of the molecule is c1ccc2c(c1)ncn2Cc1nnnn1C1CC1. The smallest absolute Gasteiger partial charge is 0.171 e. The van der Waals surface area contributed by atoms with Gasteiger partial charge in [0.15, 0.2) is 5.82 Å². The molecule has 0 saturated heterocycles. The van der Waals surface area contributed by atoms with E-state index in [2.05, 4.69) is 31.1 Å². The van der Waals surface area contributed by atoms with Crippen LogP contribution in [0.2, 0.25) is 0 Å². The van der Waals surface area contributed by atoms with Gasteiger partial charge in [-0.05, 0) is 35.4 Å². The van der Waals surface area contributed by atoms with E-state index in [1.807, 2.05) is 29.2 Å². The van der Waals surface area contributed by atoms with E-state index >= 15 is 0 Å². The second kappa shape index (κ2) is 3.63. The van der Waals surface area contributed by atoms with Crippen molar-refractivity contribution >= 4 is 11.0 Å². The number of hydrogen-bond acceptors (Lipinski definition) is 4. The Labute approximate surface area is 103 Å². The predicted octanol–water partition coefficient (Wildman–Crippen LogP) is 1.41. The van der Waals surface area contributed by atoms with Gasteiger partial charge in [-0.25, -0.2) is 9.67 Å². The first-order valence-corrected chi connectivity index (χ1v) is 6.08. The Balaban J connectivity index is 1.73. The van der Waals surface area contributed by atoms with Gasteiger partial charge in [0, 0.05) is 0 Å². The van der Waals surface area contributed by atoms with Crippen LogP contribution in [0.15, 0.2) is 30.6 Å². The van der Waals surface area contributed by atoms with Gasteiger partial charge in [-0.3, -0.25) is 0 Å². The lowest BCUT2D eigenvalue weighted by molar-refractivity contribution is 0.569. The molecule has 4 rings (SSSR count). The first-order valence-electron chi connectivity index (χ1n) is 6.08. The maximum Gasteiger partial charge on any atom is 0.171 e. The molecule has 0 amide bonds. The van der Waals surface area contributed by atoms with Crippen LogP contribution in [-0.2, 0) is 6.54 Å².